The van der Waals surface area contributed by atoms with Crippen molar-refractivity contribution in [3.63, 3.8) is 0 Å². The second-order valence-corrected chi connectivity index (χ2v) is 8.86. The van der Waals surface area contributed by atoms with E-state index in [4.69, 9.17) is 28.5 Å². The highest BCUT2D eigenvalue weighted by Crippen LogP contribution is 2.45. The molecule has 3 heterocycles. The van der Waals surface area contributed by atoms with Crippen LogP contribution in [0.4, 0.5) is 0 Å². The SMILES string of the molecule is CC(=O)OC[C@H]1O[C@@H]2ON3CC[C@H](OC(C)(C)C)[C@@H]3[C@@H]2[C@@H](OC(C)=O)[C@@H]1OC(C)=O. The van der Waals surface area contributed by atoms with Gasteiger partial charge in [0.05, 0.1) is 23.7 Å². The van der Waals surface area contributed by atoms with Crippen LogP contribution in [0.1, 0.15) is 48.0 Å². The fourth-order valence-corrected chi connectivity index (χ4v) is 4.42. The molecule has 3 saturated heterocycles. The quantitative estimate of drug-likeness (QED) is 0.463. The predicted molar refractivity (Wildman–Crippen MR) is 101 cm³/mol. The molecule has 0 amide bonds. The largest absolute Gasteiger partial charge is 0.463 e. The van der Waals surface area contributed by atoms with Crippen molar-refractivity contribution in [1.29, 1.82) is 0 Å². The van der Waals surface area contributed by atoms with Gasteiger partial charge in [-0.15, -0.1) is 0 Å². The van der Waals surface area contributed by atoms with Crippen LogP contribution in [0.25, 0.3) is 0 Å². The highest BCUT2D eigenvalue weighted by atomic mass is 16.8. The normalized spacial score (nSPS) is 36.0. The van der Waals surface area contributed by atoms with Gasteiger partial charge in [-0.25, -0.2) is 0 Å². The minimum Gasteiger partial charge on any atom is -0.463 e. The maximum Gasteiger partial charge on any atom is 0.303 e. The summed E-state index contributed by atoms with van der Waals surface area (Å²) in [6, 6.07) is -0.244. The number of hydroxylamine groups is 2. The number of hydrogen-bond acceptors (Lipinski definition) is 10. The number of ether oxygens (including phenoxy) is 5. The third kappa shape index (κ3) is 5.11. The van der Waals surface area contributed by atoms with Crippen LogP contribution in [-0.2, 0) is 42.9 Å². The van der Waals surface area contributed by atoms with E-state index >= 15 is 0 Å². The Morgan fingerprint density at radius 3 is 2.20 bits per heavy atom. The second-order valence-electron chi connectivity index (χ2n) is 8.86. The van der Waals surface area contributed by atoms with Gasteiger partial charge in [0, 0.05) is 27.3 Å². The average Bonchev–Trinajstić information content (AvgIpc) is 3.12. The molecule has 0 spiro atoms. The Labute approximate surface area is 176 Å². The van der Waals surface area contributed by atoms with Gasteiger partial charge in [-0.2, -0.15) is 5.06 Å². The van der Waals surface area contributed by atoms with Gasteiger partial charge in [-0.3, -0.25) is 19.2 Å². The Morgan fingerprint density at radius 2 is 1.63 bits per heavy atom. The average molecular weight is 429 g/mol. The molecule has 10 nitrogen and oxygen atoms in total. The van der Waals surface area contributed by atoms with Crippen LogP contribution in [0.5, 0.6) is 0 Å². The monoisotopic (exact) mass is 429 g/mol. The molecule has 0 unspecified atom stereocenters. The standard InChI is InChI=1S/C20H31NO9/c1-10(22)25-9-14-17(26-11(2)23)18(27-12(3)24)15-16-13(29-20(4,5)6)7-8-21(16)30-19(15)28-14/h13-19H,7-9H2,1-6H3/t13-,14+,15+,16+,17+,18+,19+/m0/s1. The number of esters is 3. The molecule has 7 atom stereocenters. The van der Waals surface area contributed by atoms with E-state index < -0.39 is 48.4 Å². The number of nitrogens with zero attached hydrogens (tertiary/aromatic N) is 1. The third-order valence-corrected chi connectivity index (χ3v) is 5.23. The van der Waals surface area contributed by atoms with E-state index in [0.717, 1.165) is 6.42 Å². The highest BCUT2D eigenvalue weighted by Gasteiger charge is 2.62. The van der Waals surface area contributed by atoms with Gasteiger partial charge in [-0.1, -0.05) is 0 Å². The van der Waals surface area contributed by atoms with Crippen LogP contribution in [0.3, 0.4) is 0 Å². The van der Waals surface area contributed by atoms with E-state index in [0.29, 0.717) is 6.54 Å². The van der Waals surface area contributed by atoms with Crippen LogP contribution < -0.4 is 0 Å². The number of hydrogen-bond donors (Lipinski definition) is 0. The Bertz CT molecular complexity index is 676. The zero-order valence-electron chi connectivity index (χ0n) is 18.3. The van der Waals surface area contributed by atoms with Crippen molar-refractivity contribution in [3.05, 3.63) is 0 Å². The van der Waals surface area contributed by atoms with Crippen LogP contribution in [0.15, 0.2) is 0 Å². The molecule has 0 aromatic heterocycles. The predicted octanol–water partition coefficient (Wildman–Crippen LogP) is 0.957. The van der Waals surface area contributed by atoms with Crippen LogP contribution in [0.2, 0.25) is 0 Å². The molecular weight excluding hydrogens is 398 g/mol. The van der Waals surface area contributed by atoms with Gasteiger partial charge >= 0.3 is 17.9 Å². The zero-order chi connectivity index (χ0) is 22.2. The van der Waals surface area contributed by atoms with Crippen LogP contribution in [0, 0.1) is 5.92 Å². The Hall–Kier alpha value is -1.75. The third-order valence-electron chi connectivity index (χ3n) is 5.23. The fourth-order valence-electron chi connectivity index (χ4n) is 4.42. The van der Waals surface area contributed by atoms with Gasteiger partial charge in [0.25, 0.3) is 0 Å². The second kappa shape index (κ2) is 8.78. The molecule has 170 valence electrons. The highest BCUT2D eigenvalue weighted by molar-refractivity contribution is 5.67. The number of carbonyl (C=O) groups excluding carboxylic acids is 3. The van der Waals surface area contributed by atoms with E-state index in [-0.39, 0.29) is 24.4 Å². The molecule has 0 N–H and O–H groups in total. The smallest absolute Gasteiger partial charge is 0.303 e. The van der Waals surface area contributed by atoms with Crippen molar-refractivity contribution in [2.24, 2.45) is 5.92 Å². The minimum atomic E-state index is -0.952. The summed E-state index contributed by atoms with van der Waals surface area (Å²) in [5, 5.41) is 1.79. The number of carbonyl (C=O) groups is 3. The van der Waals surface area contributed by atoms with Gasteiger partial charge in [0.15, 0.2) is 18.5 Å². The summed E-state index contributed by atoms with van der Waals surface area (Å²) in [6.45, 7) is 10.2. The summed E-state index contributed by atoms with van der Waals surface area (Å²) < 4.78 is 28.5. The van der Waals surface area contributed by atoms with E-state index in [1.54, 1.807) is 5.06 Å². The molecule has 3 aliphatic heterocycles. The van der Waals surface area contributed by atoms with Crippen molar-refractivity contribution in [1.82, 2.24) is 5.06 Å². The van der Waals surface area contributed by atoms with Gasteiger partial charge in [0.2, 0.25) is 0 Å². The maximum absolute atomic E-state index is 11.9. The summed E-state index contributed by atoms with van der Waals surface area (Å²) in [4.78, 5) is 41.0. The molecule has 0 aliphatic carbocycles. The summed E-state index contributed by atoms with van der Waals surface area (Å²) in [6.07, 6.45) is -2.82. The van der Waals surface area contributed by atoms with Crippen molar-refractivity contribution < 1.29 is 42.9 Å². The zero-order valence-corrected chi connectivity index (χ0v) is 18.3. The van der Waals surface area contributed by atoms with E-state index in [1.807, 2.05) is 20.8 Å². The van der Waals surface area contributed by atoms with Gasteiger partial charge in [-0.05, 0) is 27.2 Å². The first-order valence-electron chi connectivity index (χ1n) is 10.2. The lowest BCUT2D eigenvalue weighted by atomic mass is 9.83. The van der Waals surface area contributed by atoms with E-state index in [2.05, 4.69) is 0 Å². The molecule has 0 aromatic carbocycles. The Kier molecular flexibility index (Phi) is 6.71. The molecule has 0 bridgehead atoms. The Morgan fingerprint density at radius 1 is 1.00 bits per heavy atom. The van der Waals surface area contributed by atoms with Gasteiger partial charge in [0.1, 0.15) is 12.7 Å². The summed E-state index contributed by atoms with van der Waals surface area (Å²) in [7, 11) is 0. The molecule has 3 aliphatic rings. The summed E-state index contributed by atoms with van der Waals surface area (Å²) in [5.74, 6) is -2.02. The Balaban J connectivity index is 1.91. The van der Waals surface area contributed by atoms with Crippen LogP contribution >= 0.6 is 0 Å². The molecular formula is C20H31NO9. The van der Waals surface area contributed by atoms with E-state index in [1.165, 1.54) is 20.8 Å². The topological polar surface area (TPSA) is 110 Å². The minimum absolute atomic E-state index is 0.162. The molecule has 0 aromatic rings. The maximum atomic E-state index is 11.9. The first-order chi connectivity index (χ1) is 14.0. The van der Waals surface area contributed by atoms with Gasteiger partial charge < -0.3 is 23.7 Å². The lowest BCUT2D eigenvalue weighted by Gasteiger charge is -2.43. The molecule has 0 radical (unpaired) electrons. The molecule has 0 saturated carbocycles. The van der Waals surface area contributed by atoms with Crippen molar-refractivity contribution in [2.45, 2.75) is 90.3 Å². The van der Waals surface area contributed by atoms with Crippen molar-refractivity contribution in [2.75, 3.05) is 13.2 Å². The van der Waals surface area contributed by atoms with Crippen LogP contribution in [-0.4, -0.2) is 78.5 Å². The fraction of sp³-hybridized carbons (Fsp3) is 0.850. The lowest BCUT2D eigenvalue weighted by molar-refractivity contribution is -0.301. The molecule has 3 rings (SSSR count). The van der Waals surface area contributed by atoms with Crippen molar-refractivity contribution >= 4 is 17.9 Å². The number of fused-ring (bicyclic) bond motifs is 3. The summed E-state index contributed by atoms with van der Waals surface area (Å²) in [5.41, 5.74) is -0.377. The van der Waals surface area contributed by atoms with Crippen molar-refractivity contribution in [3.8, 4) is 0 Å². The molecule has 3 fully saturated rings. The summed E-state index contributed by atoms with van der Waals surface area (Å²) >= 11 is 0. The number of rotatable bonds is 5. The first kappa shape index (κ1) is 22.9. The lowest BCUT2D eigenvalue weighted by Crippen LogP contribution is -2.60. The molecule has 10 heteroatoms. The van der Waals surface area contributed by atoms with E-state index in [9.17, 15) is 14.4 Å². The first-order valence-corrected chi connectivity index (χ1v) is 10.2. The molecule has 30 heavy (non-hydrogen) atoms.